The number of esters is 1. The molecule has 0 unspecified atom stereocenters. The molecule has 33 heavy (non-hydrogen) atoms. The van der Waals surface area contributed by atoms with Gasteiger partial charge in [-0.25, -0.2) is 14.6 Å². The van der Waals surface area contributed by atoms with Crippen LogP contribution in [-0.4, -0.2) is 35.3 Å². The number of carbonyl (C=O) groups is 2. The van der Waals surface area contributed by atoms with Crippen LogP contribution in [0.15, 0.2) is 59.7 Å². The van der Waals surface area contributed by atoms with Crippen LogP contribution >= 0.6 is 0 Å². The molecule has 3 aromatic rings. The summed E-state index contributed by atoms with van der Waals surface area (Å²) in [5.74, 6) is -1.04. The van der Waals surface area contributed by atoms with E-state index in [9.17, 15) is 14.0 Å². The van der Waals surface area contributed by atoms with Gasteiger partial charge in [0.05, 0.1) is 24.4 Å². The molecule has 0 bridgehead atoms. The first-order chi connectivity index (χ1) is 15.7. The number of amides is 1. The van der Waals surface area contributed by atoms with Crippen molar-refractivity contribution in [2.24, 2.45) is 5.10 Å². The van der Waals surface area contributed by atoms with Gasteiger partial charge in [0.25, 0.3) is 5.91 Å². The highest BCUT2D eigenvalue weighted by molar-refractivity contribution is 5.90. The third-order valence-corrected chi connectivity index (χ3v) is 4.84. The molecule has 0 saturated carbocycles. The van der Waals surface area contributed by atoms with E-state index in [1.165, 1.54) is 12.1 Å². The Kier molecular flexibility index (Phi) is 7.61. The summed E-state index contributed by atoms with van der Waals surface area (Å²) in [4.78, 5) is 24.3. The SMILES string of the molecule is Cc1cc(/C=N\NC(=O)CNc2ccc(F)cc2)c(C)n1-c1cccc(C(=O)OC(C)C)c1. The van der Waals surface area contributed by atoms with Gasteiger partial charge >= 0.3 is 5.97 Å². The predicted octanol–water partition coefficient (Wildman–Crippen LogP) is 4.36. The highest BCUT2D eigenvalue weighted by atomic mass is 19.1. The molecule has 1 amide bonds. The molecular formula is C25H27FN4O3. The smallest absolute Gasteiger partial charge is 0.338 e. The van der Waals surface area contributed by atoms with Crippen LogP contribution in [0.2, 0.25) is 0 Å². The molecule has 3 rings (SSSR count). The molecule has 0 radical (unpaired) electrons. The van der Waals surface area contributed by atoms with Gasteiger partial charge in [0, 0.05) is 28.3 Å². The highest BCUT2D eigenvalue weighted by Crippen LogP contribution is 2.21. The van der Waals surface area contributed by atoms with Gasteiger partial charge in [0.1, 0.15) is 5.82 Å². The number of nitrogens with zero attached hydrogens (tertiary/aromatic N) is 2. The van der Waals surface area contributed by atoms with Crippen LogP contribution < -0.4 is 10.7 Å². The molecule has 172 valence electrons. The van der Waals surface area contributed by atoms with E-state index in [1.54, 1.807) is 30.5 Å². The fourth-order valence-electron chi connectivity index (χ4n) is 3.33. The van der Waals surface area contributed by atoms with Gasteiger partial charge in [-0.1, -0.05) is 6.07 Å². The molecule has 2 aromatic carbocycles. The van der Waals surface area contributed by atoms with Gasteiger partial charge in [-0.05, 0) is 76.2 Å². The number of hydrogen-bond acceptors (Lipinski definition) is 5. The molecule has 7 nitrogen and oxygen atoms in total. The van der Waals surface area contributed by atoms with Crippen molar-refractivity contribution in [3.05, 3.63) is 82.9 Å². The quantitative estimate of drug-likeness (QED) is 0.303. The van der Waals surface area contributed by atoms with E-state index in [4.69, 9.17) is 4.74 Å². The molecule has 0 fully saturated rings. The average molecular weight is 451 g/mol. The number of aromatic nitrogens is 1. The van der Waals surface area contributed by atoms with E-state index in [0.29, 0.717) is 11.3 Å². The van der Waals surface area contributed by atoms with Gasteiger partial charge in [-0.15, -0.1) is 0 Å². The number of aryl methyl sites for hydroxylation is 1. The molecule has 0 aliphatic heterocycles. The number of halogens is 1. The van der Waals surface area contributed by atoms with Crippen LogP contribution in [0.5, 0.6) is 0 Å². The maximum atomic E-state index is 12.9. The number of benzene rings is 2. The Labute approximate surface area is 192 Å². The molecule has 8 heteroatoms. The van der Waals surface area contributed by atoms with Crippen molar-refractivity contribution in [2.45, 2.75) is 33.8 Å². The first-order valence-electron chi connectivity index (χ1n) is 10.6. The Balaban J connectivity index is 1.66. The van der Waals surface area contributed by atoms with Crippen LogP contribution in [0.25, 0.3) is 5.69 Å². The van der Waals surface area contributed by atoms with Crippen LogP contribution in [0.3, 0.4) is 0 Å². The Morgan fingerprint density at radius 2 is 1.85 bits per heavy atom. The monoisotopic (exact) mass is 450 g/mol. The number of rotatable bonds is 8. The van der Waals surface area contributed by atoms with Crippen molar-refractivity contribution in [3.8, 4) is 5.69 Å². The van der Waals surface area contributed by atoms with Crippen molar-refractivity contribution < 1.29 is 18.7 Å². The van der Waals surface area contributed by atoms with Gasteiger partial charge in [-0.2, -0.15) is 5.10 Å². The predicted molar refractivity (Wildman–Crippen MR) is 126 cm³/mol. The second-order valence-corrected chi connectivity index (χ2v) is 7.82. The van der Waals surface area contributed by atoms with Crippen LogP contribution in [0.4, 0.5) is 10.1 Å². The van der Waals surface area contributed by atoms with E-state index in [-0.39, 0.29) is 30.3 Å². The molecule has 0 aliphatic rings. The molecule has 0 saturated heterocycles. The minimum absolute atomic E-state index is 0.00125. The third-order valence-electron chi connectivity index (χ3n) is 4.84. The maximum Gasteiger partial charge on any atom is 0.338 e. The summed E-state index contributed by atoms with van der Waals surface area (Å²) in [7, 11) is 0. The summed E-state index contributed by atoms with van der Waals surface area (Å²) in [5, 5.41) is 6.94. The summed E-state index contributed by atoms with van der Waals surface area (Å²) in [5.41, 5.74) is 7.10. The molecule has 0 spiro atoms. The van der Waals surface area contributed by atoms with Gasteiger partial charge in [0.2, 0.25) is 0 Å². The zero-order valence-electron chi connectivity index (χ0n) is 19.1. The van der Waals surface area contributed by atoms with E-state index in [0.717, 1.165) is 22.6 Å². The Morgan fingerprint density at radius 1 is 1.12 bits per heavy atom. The number of ether oxygens (including phenoxy) is 1. The number of anilines is 1. The number of carbonyl (C=O) groups excluding carboxylic acids is 2. The number of nitrogens with one attached hydrogen (secondary N) is 2. The average Bonchev–Trinajstić information content (AvgIpc) is 3.06. The number of hydrogen-bond donors (Lipinski definition) is 2. The minimum atomic E-state index is -0.368. The normalized spacial score (nSPS) is 11.1. The van der Waals surface area contributed by atoms with Crippen molar-refractivity contribution in [2.75, 3.05) is 11.9 Å². The van der Waals surface area contributed by atoms with Crippen molar-refractivity contribution in [1.29, 1.82) is 0 Å². The van der Waals surface area contributed by atoms with Crippen LogP contribution in [0, 0.1) is 19.7 Å². The molecule has 2 N–H and O–H groups in total. The fourth-order valence-corrected chi connectivity index (χ4v) is 3.33. The fraction of sp³-hybridized carbons (Fsp3) is 0.240. The zero-order valence-corrected chi connectivity index (χ0v) is 19.1. The summed E-state index contributed by atoms with van der Waals surface area (Å²) < 4.78 is 20.2. The van der Waals surface area contributed by atoms with Gasteiger partial charge < -0.3 is 14.6 Å². The number of hydrazone groups is 1. The van der Waals surface area contributed by atoms with E-state index >= 15 is 0 Å². The van der Waals surface area contributed by atoms with Crippen molar-refractivity contribution in [3.63, 3.8) is 0 Å². The molecular weight excluding hydrogens is 423 g/mol. The van der Waals surface area contributed by atoms with Gasteiger partial charge in [-0.3, -0.25) is 4.79 Å². The Morgan fingerprint density at radius 3 is 2.55 bits per heavy atom. The standard InChI is InChI=1S/C25H27FN4O3/c1-16(2)33-25(32)19-6-5-7-23(13-19)30-17(3)12-20(18(30)4)14-28-29-24(31)15-27-22-10-8-21(26)9-11-22/h5-14,16,27H,15H2,1-4H3,(H,29,31)/b28-14-. The molecule has 0 aliphatic carbocycles. The second kappa shape index (κ2) is 10.6. The molecule has 1 heterocycles. The van der Waals surface area contributed by atoms with Crippen LogP contribution in [0.1, 0.15) is 41.2 Å². The summed E-state index contributed by atoms with van der Waals surface area (Å²) >= 11 is 0. The topological polar surface area (TPSA) is 84.7 Å². The molecule has 0 atom stereocenters. The van der Waals surface area contributed by atoms with Crippen LogP contribution in [-0.2, 0) is 9.53 Å². The zero-order chi connectivity index (χ0) is 24.0. The van der Waals surface area contributed by atoms with E-state index in [2.05, 4.69) is 15.8 Å². The van der Waals surface area contributed by atoms with Crippen molar-refractivity contribution >= 4 is 23.8 Å². The lowest BCUT2D eigenvalue weighted by Crippen LogP contribution is -2.25. The highest BCUT2D eigenvalue weighted by Gasteiger charge is 2.13. The van der Waals surface area contributed by atoms with Gasteiger partial charge in [0.15, 0.2) is 0 Å². The minimum Gasteiger partial charge on any atom is -0.459 e. The molecule has 1 aromatic heterocycles. The lowest BCUT2D eigenvalue weighted by Gasteiger charge is -2.12. The largest absolute Gasteiger partial charge is 0.459 e. The Hall–Kier alpha value is -3.94. The first kappa shape index (κ1) is 23.7. The van der Waals surface area contributed by atoms with Crippen molar-refractivity contribution in [1.82, 2.24) is 9.99 Å². The first-order valence-corrected chi connectivity index (χ1v) is 10.6. The second-order valence-electron chi connectivity index (χ2n) is 7.82. The van der Waals surface area contributed by atoms with E-state index in [1.807, 2.05) is 50.5 Å². The maximum absolute atomic E-state index is 12.9. The van der Waals surface area contributed by atoms with E-state index < -0.39 is 0 Å². The summed E-state index contributed by atoms with van der Waals surface area (Å²) in [6.45, 7) is 7.51. The summed E-state index contributed by atoms with van der Waals surface area (Å²) in [6, 6.07) is 14.9. The summed E-state index contributed by atoms with van der Waals surface area (Å²) in [6.07, 6.45) is 1.38. The Bertz CT molecular complexity index is 1170. The lowest BCUT2D eigenvalue weighted by molar-refractivity contribution is -0.119. The lowest BCUT2D eigenvalue weighted by atomic mass is 10.2. The third kappa shape index (κ3) is 6.29.